The average Bonchev–Trinajstić information content (AvgIpc) is 2.34. The van der Waals surface area contributed by atoms with Crippen LogP contribution in [0.15, 0.2) is 0 Å². The van der Waals surface area contributed by atoms with Crippen LogP contribution >= 0.6 is 0 Å². The van der Waals surface area contributed by atoms with Gasteiger partial charge in [-0.2, -0.15) is 0 Å². The first kappa shape index (κ1) is 17.0. The number of rotatable bonds is 6. The summed E-state index contributed by atoms with van der Waals surface area (Å²) in [5.41, 5.74) is -0.0213. The lowest BCUT2D eigenvalue weighted by Gasteiger charge is -2.31. The Morgan fingerprint density at radius 3 is 2.25 bits per heavy atom. The molecule has 1 aliphatic rings. The molecule has 2 N–H and O–H groups in total. The molecule has 0 radical (unpaired) electrons. The predicted molar refractivity (Wildman–Crippen MR) is 78.4 cm³/mol. The van der Waals surface area contributed by atoms with Crippen LogP contribution < -0.4 is 5.32 Å². The number of carbonyl (C=O) groups excluding carboxylic acids is 1. The number of carbonyl (C=O) groups is 2. The fourth-order valence-electron chi connectivity index (χ4n) is 3.11. The Hall–Kier alpha value is -1.10. The van der Waals surface area contributed by atoms with Crippen molar-refractivity contribution in [3.8, 4) is 0 Å². The van der Waals surface area contributed by atoms with Gasteiger partial charge in [-0.25, -0.2) is 0 Å². The molecule has 0 saturated heterocycles. The number of carboxylic acid groups (broad SMARTS) is 1. The Bertz CT molecular complexity index is 353. The van der Waals surface area contributed by atoms with Crippen LogP contribution in [0.25, 0.3) is 0 Å². The molecule has 0 spiro atoms. The first-order valence-electron chi connectivity index (χ1n) is 7.38. The number of carboxylic acids is 1. The molecule has 1 aliphatic carbocycles. The summed E-state index contributed by atoms with van der Waals surface area (Å²) in [6, 6.07) is 0. The second-order valence-electron chi connectivity index (χ2n) is 6.96. The summed E-state index contributed by atoms with van der Waals surface area (Å²) in [7, 11) is 4.01. The average molecular weight is 284 g/mol. The van der Waals surface area contributed by atoms with Crippen molar-refractivity contribution in [2.24, 2.45) is 17.3 Å². The highest BCUT2D eigenvalue weighted by Gasteiger charge is 2.36. The Morgan fingerprint density at radius 2 is 1.75 bits per heavy atom. The fraction of sp³-hybridized carbons (Fsp3) is 0.867. The van der Waals surface area contributed by atoms with Gasteiger partial charge in [-0.1, -0.05) is 26.7 Å². The maximum Gasteiger partial charge on any atom is 0.307 e. The number of amides is 1. The molecule has 0 aliphatic heterocycles. The second kappa shape index (κ2) is 7.07. The van der Waals surface area contributed by atoms with Crippen LogP contribution in [0.5, 0.6) is 0 Å². The Morgan fingerprint density at radius 1 is 1.20 bits per heavy atom. The minimum atomic E-state index is -0.836. The third-order valence-electron chi connectivity index (χ3n) is 3.91. The van der Waals surface area contributed by atoms with Crippen molar-refractivity contribution >= 4 is 11.9 Å². The molecule has 116 valence electrons. The molecular weight excluding hydrogens is 256 g/mol. The highest BCUT2D eigenvalue weighted by molar-refractivity contribution is 5.84. The topological polar surface area (TPSA) is 69.6 Å². The molecular formula is C15H28N2O3. The maximum atomic E-state index is 12.3. The molecule has 1 amide bonds. The van der Waals surface area contributed by atoms with E-state index in [9.17, 15) is 14.7 Å². The van der Waals surface area contributed by atoms with Crippen molar-refractivity contribution in [3.05, 3.63) is 0 Å². The zero-order valence-electron chi connectivity index (χ0n) is 13.1. The van der Waals surface area contributed by atoms with Crippen LogP contribution in [0.2, 0.25) is 0 Å². The van der Waals surface area contributed by atoms with Crippen LogP contribution in [0.1, 0.15) is 39.5 Å². The molecule has 0 bridgehead atoms. The van der Waals surface area contributed by atoms with Crippen LogP contribution in [0, 0.1) is 17.3 Å². The van der Waals surface area contributed by atoms with Crippen LogP contribution in [0.3, 0.4) is 0 Å². The van der Waals surface area contributed by atoms with Gasteiger partial charge in [0.25, 0.3) is 0 Å². The molecule has 0 aromatic rings. The largest absolute Gasteiger partial charge is 0.481 e. The molecule has 1 saturated carbocycles. The molecule has 5 nitrogen and oxygen atoms in total. The highest BCUT2D eigenvalue weighted by atomic mass is 16.4. The van der Waals surface area contributed by atoms with Gasteiger partial charge in [0.2, 0.25) is 5.91 Å². The number of aliphatic carboxylic acids is 1. The van der Waals surface area contributed by atoms with Gasteiger partial charge in [0.1, 0.15) is 0 Å². The van der Waals surface area contributed by atoms with Gasteiger partial charge in [-0.15, -0.1) is 0 Å². The van der Waals surface area contributed by atoms with Crippen LogP contribution in [0.4, 0.5) is 0 Å². The minimum Gasteiger partial charge on any atom is -0.481 e. The zero-order chi connectivity index (χ0) is 15.3. The first-order chi connectivity index (χ1) is 9.23. The summed E-state index contributed by atoms with van der Waals surface area (Å²) in [6.45, 7) is 5.65. The molecule has 1 rings (SSSR count). The summed E-state index contributed by atoms with van der Waals surface area (Å²) >= 11 is 0. The molecule has 5 heteroatoms. The van der Waals surface area contributed by atoms with Gasteiger partial charge in [-0.05, 0) is 32.4 Å². The second-order valence-corrected chi connectivity index (χ2v) is 6.96. The summed E-state index contributed by atoms with van der Waals surface area (Å²) in [6.07, 6.45) is 3.17. The zero-order valence-corrected chi connectivity index (χ0v) is 13.1. The lowest BCUT2D eigenvalue weighted by Crippen LogP contribution is -2.45. The van der Waals surface area contributed by atoms with E-state index >= 15 is 0 Å². The SMILES string of the molecule is CN(C)CC(C)(C)CNC(=O)C1CCCCC1C(=O)O. The fourth-order valence-corrected chi connectivity index (χ4v) is 3.11. The summed E-state index contributed by atoms with van der Waals surface area (Å²) in [5.74, 6) is -1.81. The summed E-state index contributed by atoms with van der Waals surface area (Å²) in [4.78, 5) is 25.6. The smallest absolute Gasteiger partial charge is 0.307 e. The van der Waals surface area contributed by atoms with Crippen molar-refractivity contribution in [2.45, 2.75) is 39.5 Å². The van der Waals surface area contributed by atoms with E-state index in [1.165, 1.54) is 0 Å². The van der Waals surface area contributed by atoms with E-state index in [0.29, 0.717) is 19.4 Å². The van der Waals surface area contributed by atoms with Gasteiger partial charge in [-0.3, -0.25) is 9.59 Å². The molecule has 0 aromatic carbocycles. The highest BCUT2D eigenvalue weighted by Crippen LogP contribution is 2.30. The molecule has 2 atom stereocenters. The molecule has 20 heavy (non-hydrogen) atoms. The summed E-state index contributed by atoms with van der Waals surface area (Å²) < 4.78 is 0. The lowest BCUT2D eigenvalue weighted by atomic mass is 9.78. The van der Waals surface area contributed by atoms with Crippen molar-refractivity contribution in [2.75, 3.05) is 27.2 Å². The van der Waals surface area contributed by atoms with Gasteiger partial charge in [0.15, 0.2) is 0 Å². The maximum absolute atomic E-state index is 12.3. The normalized spacial score (nSPS) is 23.6. The number of nitrogens with zero attached hydrogens (tertiary/aromatic N) is 1. The standard InChI is InChI=1S/C15H28N2O3/c1-15(2,10-17(3)4)9-16-13(18)11-7-5-6-8-12(11)14(19)20/h11-12H,5-10H2,1-4H3,(H,16,18)(H,19,20). The van der Waals surface area contributed by atoms with E-state index in [1.807, 2.05) is 14.1 Å². The van der Waals surface area contributed by atoms with Gasteiger partial charge < -0.3 is 15.3 Å². The van der Waals surface area contributed by atoms with E-state index in [-0.39, 0.29) is 17.2 Å². The molecule has 2 unspecified atom stereocenters. The monoisotopic (exact) mass is 284 g/mol. The Balaban J connectivity index is 2.54. The van der Waals surface area contributed by atoms with Crippen molar-refractivity contribution in [1.82, 2.24) is 10.2 Å². The van der Waals surface area contributed by atoms with Crippen LogP contribution in [-0.4, -0.2) is 49.1 Å². The number of nitrogens with one attached hydrogen (secondary N) is 1. The van der Waals surface area contributed by atoms with Crippen molar-refractivity contribution in [3.63, 3.8) is 0 Å². The van der Waals surface area contributed by atoms with E-state index in [1.54, 1.807) is 0 Å². The molecule has 0 heterocycles. The Kier molecular flexibility index (Phi) is 5.99. The molecule has 1 fully saturated rings. The number of hydrogen-bond acceptors (Lipinski definition) is 3. The van der Waals surface area contributed by atoms with Gasteiger partial charge >= 0.3 is 5.97 Å². The van der Waals surface area contributed by atoms with Crippen molar-refractivity contribution < 1.29 is 14.7 Å². The van der Waals surface area contributed by atoms with Gasteiger partial charge in [0.05, 0.1) is 11.8 Å². The predicted octanol–water partition coefficient (Wildman–Crippen LogP) is 1.58. The summed E-state index contributed by atoms with van der Waals surface area (Å²) in [5, 5.41) is 12.2. The van der Waals surface area contributed by atoms with E-state index in [0.717, 1.165) is 19.4 Å². The third kappa shape index (κ3) is 5.12. The lowest BCUT2D eigenvalue weighted by molar-refractivity contribution is -0.149. The minimum absolute atomic E-state index is 0.0213. The van der Waals surface area contributed by atoms with Crippen LogP contribution in [-0.2, 0) is 9.59 Å². The Labute approximate surface area is 121 Å². The number of hydrogen-bond donors (Lipinski definition) is 2. The van der Waals surface area contributed by atoms with E-state index in [2.05, 4.69) is 24.1 Å². The van der Waals surface area contributed by atoms with E-state index in [4.69, 9.17) is 0 Å². The first-order valence-corrected chi connectivity index (χ1v) is 7.38. The third-order valence-corrected chi connectivity index (χ3v) is 3.91. The van der Waals surface area contributed by atoms with E-state index < -0.39 is 11.9 Å². The molecule has 0 aromatic heterocycles. The van der Waals surface area contributed by atoms with Gasteiger partial charge in [0, 0.05) is 13.1 Å². The van der Waals surface area contributed by atoms with Crippen molar-refractivity contribution in [1.29, 1.82) is 0 Å². The quantitative estimate of drug-likeness (QED) is 0.777.